The molecule has 0 aliphatic rings. The van der Waals surface area contributed by atoms with E-state index in [9.17, 15) is 13.2 Å². The number of carbonyl (C=O) groups is 1. The number of nitrogens with one attached hydrogen (secondary N) is 1. The summed E-state index contributed by atoms with van der Waals surface area (Å²) in [6, 6.07) is 18.6. The topological polar surface area (TPSA) is 84.9 Å². The number of ether oxygens (including phenoxy) is 2. The first-order valence-corrected chi connectivity index (χ1v) is 14.1. The molecule has 3 rings (SSSR count). The number of amides is 1. The van der Waals surface area contributed by atoms with Gasteiger partial charge in [-0.1, -0.05) is 32.0 Å². The van der Waals surface area contributed by atoms with E-state index in [1.54, 1.807) is 38.3 Å². The first kappa shape index (κ1) is 28.1. The molecule has 0 spiro atoms. The van der Waals surface area contributed by atoms with E-state index in [4.69, 9.17) is 9.47 Å². The van der Waals surface area contributed by atoms with Crippen molar-refractivity contribution in [1.29, 1.82) is 0 Å². The summed E-state index contributed by atoms with van der Waals surface area (Å²) >= 11 is 0. The highest BCUT2D eigenvalue weighted by Gasteiger charge is 2.30. The van der Waals surface area contributed by atoms with Crippen LogP contribution in [-0.2, 0) is 14.8 Å². The molecule has 7 nitrogen and oxygen atoms in total. The summed E-state index contributed by atoms with van der Waals surface area (Å²) in [6.45, 7) is 9.61. The fourth-order valence-electron chi connectivity index (χ4n) is 4.32. The van der Waals surface area contributed by atoms with Crippen molar-refractivity contribution in [3.8, 4) is 17.2 Å². The number of anilines is 1. The number of methoxy groups -OCH3 is 1. The average Bonchev–Trinajstić information content (AvgIpc) is 2.84. The zero-order valence-electron chi connectivity index (χ0n) is 22.5. The second-order valence-electron chi connectivity index (χ2n) is 9.48. The summed E-state index contributed by atoms with van der Waals surface area (Å²) in [7, 11) is -2.11. The molecule has 0 saturated heterocycles. The molecule has 0 aliphatic carbocycles. The van der Waals surface area contributed by atoms with Crippen LogP contribution in [0.1, 0.15) is 56.3 Å². The van der Waals surface area contributed by atoms with Gasteiger partial charge in [-0.15, -0.1) is 0 Å². The van der Waals surface area contributed by atoms with Crippen LogP contribution in [0.2, 0.25) is 0 Å². The van der Waals surface area contributed by atoms with Gasteiger partial charge in [0.1, 0.15) is 23.3 Å². The Morgan fingerprint density at radius 3 is 2.03 bits per heavy atom. The molecule has 0 aliphatic heterocycles. The molecule has 2 atom stereocenters. The Bertz CT molecular complexity index is 1320. The van der Waals surface area contributed by atoms with E-state index in [0.29, 0.717) is 17.2 Å². The lowest BCUT2D eigenvalue weighted by Gasteiger charge is -2.30. The number of hydrogen-bond donors (Lipinski definition) is 1. The first-order valence-electron chi connectivity index (χ1n) is 12.2. The van der Waals surface area contributed by atoms with Crippen LogP contribution in [0, 0.1) is 6.92 Å². The van der Waals surface area contributed by atoms with Crippen molar-refractivity contribution in [3.63, 3.8) is 0 Å². The van der Waals surface area contributed by atoms with Crippen molar-refractivity contribution in [3.05, 3.63) is 83.4 Å². The summed E-state index contributed by atoms with van der Waals surface area (Å²) in [6.07, 6.45) is 1.09. The standard InChI is InChI=1S/C29H36N2O5S/c1-19(2)26-18-27(20(3)17-28(26)35-6)21(4)30-29(32)22(5)31(37(7,33)34)23-13-15-25(16-14-23)36-24-11-9-8-10-12-24/h8-19,21-22H,1-7H3,(H,30,32)/t21-,22-/m1/s1. The minimum Gasteiger partial charge on any atom is -0.496 e. The SMILES string of the molecule is COc1cc(C)c([C@@H](C)NC(=O)[C@@H](C)N(c2ccc(Oc3ccccc3)cc2)S(C)(=O)=O)cc1C(C)C. The molecule has 0 aromatic heterocycles. The summed E-state index contributed by atoms with van der Waals surface area (Å²) in [5, 5.41) is 3.00. The zero-order chi connectivity index (χ0) is 27.3. The zero-order valence-corrected chi connectivity index (χ0v) is 23.3. The number of para-hydroxylation sites is 1. The van der Waals surface area contributed by atoms with Gasteiger partial charge in [0.05, 0.1) is 25.1 Å². The predicted octanol–water partition coefficient (Wildman–Crippen LogP) is 5.95. The van der Waals surface area contributed by atoms with Gasteiger partial charge in [0.2, 0.25) is 15.9 Å². The molecule has 1 amide bonds. The van der Waals surface area contributed by atoms with Crippen molar-refractivity contribution in [1.82, 2.24) is 5.32 Å². The van der Waals surface area contributed by atoms with Gasteiger partial charge >= 0.3 is 0 Å². The summed E-state index contributed by atoms with van der Waals surface area (Å²) in [5.74, 6) is 1.89. The maximum Gasteiger partial charge on any atom is 0.244 e. The van der Waals surface area contributed by atoms with Gasteiger partial charge in [-0.2, -0.15) is 0 Å². The number of benzene rings is 3. The van der Waals surface area contributed by atoms with Gasteiger partial charge in [0, 0.05) is 0 Å². The molecule has 0 bridgehead atoms. The Hall–Kier alpha value is -3.52. The predicted molar refractivity (Wildman–Crippen MR) is 148 cm³/mol. The van der Waals surface area contributed by atoms with Crippen LogP contribution in [0.4, 0.5) is 5.69 Å². The monoisotopic (exact) mass is 524 g/mol. The third-order valence-electron chi connectivity index (χ3n) is 6.22. The third-order valence-corrected chi connectivity index (χ3v) is 7.47. The molecular weight excluding hydrogens is 488 g/mol. The minimum absolute atomic E-state index is 0.241. The van der Waals surface area contributed by atoms with Gasteiger partial charge in [0.25, 0.3) is 0 Å². The number of rotatable bonds is 10. The lowest BCUT2D eigenvalue weighted by molar-refractivity contribution is -0.122. The Labute approximate surface area is 220 Å². The maximum atomic E-state index is 13.3. The smallest absolute Gasteiger partial charge is 0.244 e. The van der Waals surface area contributed by atoms with Crippen molar-refractivity contribution >= 4 is 21.6 Å². The van der Waals surface area contributed by atoms with Crippen molar-refractivity contribution in [2.45, 2.75) is 52.6 Å². The highest BCUT2D eigenvalue weighted by Crippen LogP contribution is 2.32. The third kappa shape index (κ3) is 6.83. The second-order valence-corrected chi connectivity index (χ2v) is 11.3. The first-order chi connectivity index (χ1) is 17.4. The molecule has 3 aromatic carbocycles. The van der Waals surface area contributed by atoms with E-state index in [1.165, 1.54) is 0 Å². The van der Waals surface area contributed by atoms with Crippen LogP contribution in [0.15, 0.2) is 66.7 Å². The van der Waals surface area contributed by atoms with Crippen LogP contribution in [0.5, 0.6) is 17.2 Å². The normalized spacial score (nSPS) is 13.1. The van der Waals surface area contributed by atoms with Crippen LogP contribution in [0.3, 0.4) is 0 Å². The average molecular weight is 525 g/mol. The number of nitrogens with zero attached hydrogens (tertiary/aromatic N) is 1. The largest absolute Gasteiger partial charge is 0.496 e. The van der Waals surface area contributed by atoms with Crippen LogP contribution >= 0.6 is 0 Å². The van der Waals surface area contributed by atoms with E-state index >= 15 is 0 Å². The van der Waals surface area contributed by atoms with Crippen LogP contribution in [-0.4, -0.2) is 33.7 Å². The van der Waals surface area contributed by atoms with E-state index in [0.717, 1.165) is 33.0 Å². The highest BCUT2D eigenvalue weighted by atomic mass is 32.2. The lowest BCUT2D eigenvalue weighted by Crippen LogP contribution is -2.48. The molecule has 0 fully saturated rings. The molecule has 3 aromatic rings. The lowest BCUT2D eigenvalue weighted by atomic mass is 9.93. The Morgan fingerprint density at radius 2 is 1.49 bits per heavy atom. The van der Waals surface area contributed by atoms with E-state index in [-0.39, 0.29) is 12.0 Å². The van der Waals surface area contributed by atoms with Gasteiger partial charge in [-0.3, -0.25) is 9.10 Å². The second kappa shape index (κ2) is 11.7. The highest BCUT2D eigenvalue weighted by molar-refractivity contribution is 7.92. The summed E-state index contributed by atoms with van der Waals surface area (Å²) in [4.78, 5) is 13.3. The number of carbonyl (C=O) groups excluding carboxylic acids is 1. The van der Waals surface area contributed by atoms with E-state index in [2.05, 4.69) is 19.2 Å². The Kier molecular flexibility index (Phi) is 8.86. The molecule has 1 N–H and O–H groups in total. The molecule has 8 heteroatoms. The number of aryl methyl sites for hydroxylation is 1. The fourth-order valence-corrected chi connectivity index (χ4v) is 5.49. The molecule has 0 heterocycles. The van der Waals surface area contributed by atoms with E-state index in [1.807, 2.05) is 56.3 Å². The molecule has 0 radical (unpaired) electrons. The molecular formula is C29H36N2O5S. The number of hydrogen-bond acceptors (Lipinski definition) is 5. The quantitative estimate of drug-likeness (QED) is 0.354. The van der Waals surface area contributed by atoms with Gasteiger partial charge < -0.3 is 14.8 Å². The molecule has 198 valence electrons. The fraction of sp³-hybridized carbons (Fsp3) is 0.345. The van der Waals surface area contributed by atoms with Crippen molar-refractivity contribution < 1.29 is 22.7 Å². The molecule has 0 saturated carbocycles. The minimum atomic E-state index is -3.75. The van der Waals surface area contributed by atoms with Gasteiger partial charge in [-0.25, -0.2) is 8.42 Å². The van der Waals surface area contributed by atoms with Crippen molar-refractivity contribution in [2.24, 2.45) is 0 Å². The number of sulfonamides is 1. The maximum absolute atomic E-state index is 13.3. The summed E-state index contributed by atoms with van der Waals surface area (Å²) in [5.41, 5.74) is 3.36. The van der Waals surface area contributed by atoms with Gasteiger partial charge in [-0.05, 0) is 91.9 Å². The van der Waals surface area contributed by atoms with Gasteiger partial charge in [0.15, 0.2) is 0 Å². The van der Waals surface area contributed by atoms with Crippen LogP contribution < -0.4 is 19.1 Å². The van der Waals surface area contributed by atoms with E-state index < -0.39 is 22.0 Å². The Morgan fingerprint density at radius 1 is 0.892 bits per heavy atom. The van der Waals surface area contributed by atoms with Crippen LogP contribution in [0.25, 0.3) is 0 Å². The van der Waals surface area contributed by atoms with Crippen molar-refractivity contribution in [2.75, 3.05) is 17.7 Å². The molecule has 0 unspecified atom stereocenters. The summed E-state index contributed by atoms with van der Waals surface area (Å²) < 4.78 is 38.0. The molecule has 37 heavy (non-hydrogen) atoms. The Balaban J connectivity index is 1.81.